The molecule has 17 heavy (non-hydrogen) atoms. The summed E-state index contributed by atoms with van der Waals surface area (Å²) in [6.07, 6.45) is 0. The average Bonchev–Trinajstić information content (AvgIpc) is 2.32. The van der Waals surface area contributed by atoms with E-state index in [4.69, 9.17) is 17.3 Å². The van der Waals surface area contributed by atoms with E-state index in [0.29, 0.717) is 22.7 Å². The number of nitrogens with two attached hydrogens (primary N) is 1. The van der Waals surface area contributed by atoms with Crippen molar-refractivity contribution in [1.29, 1.82) is 0 Å². The molecule has 1 nitrogen and oxygen atoms in total. The lowest BCUT2D eigenvalue weighted by Crippen LogP contribution is -1.96. The van der Waals surface area contributed by atoms with Crippen LogP contribution in [0.2, 0.25) is 5.02 Å². The van der Waals surface area contributed by atoms with Crippen LogP contribution in [0.3, 0.4) is 0 Å². The minimum absolute atomic E-state index is 0.266. The second kappa shape index (κ2) is 4.86. The monoisotopic (exact) mass is 249 g/mol. The Morgan fingerprint density at radius 3 is 2.53 bits per heavy atom. The topological polar surface area (TPSA) is 26.0 Å². The van der Waals surface area contributed by atoms with Crippen LogP contribution in [0.25, 0.3) is 11.1 Å². The summed E-state index contributed by atoms with van der Waals surface area (Å²) in [5.41, 5.74) is 8.69. The molecule has 0 aliphatic rings. The second-order valence-corrected chi connectivity index (χ2v) is 4.41. The quantitative estimate of drug-likeness (QED) is 0.858. The van der Waals surface area contributed by atoms with Crippen LogP contribution in [0.15, 0.2) is 36.4 Å². The highest BCUT2D eigenvalue weighted by molar-refractivity contribution is 6.33. The standard InChI is InChI=1S/C14H13ClFN/c1-9-2-5-14(16)12(6-9)11-4-3-10(8-17)7-13(11)15/h2-7H,8,17H2,1H3. The van der Waals surface area contributed by atoms with Gasteiger partial charge in [0.2, 0.25) is 0 Å². The summed E-state index contributed by atoms with van der Waals surface area (Å²) in [4.78, 5) is 0. The summed E-state index contributed by atoms with van der Waals surface area (Å²) in [7, 11) is 0. The van der Waals surface area contributed by atoms with Crippen molar-refractivity contribution in [3.8, 4) is 11.1 Å². The fourth-order valence-electron chi connectivity index (χ4n) is 1.75. The Balaban J connectivity index is 2.56. The lowest BCUT2D eigenvalue weighted by molar-refractivity contribution is 0.631. The Hall–Kier alpha value is -1.38. The van der Waals surface area contributed by atoms with E-state index in [0.717, 1.165) is 11.1 Å². The van der Waals surface area contributed by atoms with E-state index in [1.807, 2.05) is 19.1 Å². The summed E-state index contributed by atoms with van der Waals surface area (Å²) >= 11 is 6.14. The van der Waals surface area contributed by atoms with Crippen molar-refractivity contribution < 1.29 is 4.39 Å². The number of halogens is 2. The molecule has 2 rings (SSSR count). The van der Waals surface area contributed by atoms with E-state index in [2.05, 4.69) is 0 Å². The van der Waals surface area contributed by atoms with Crippen LogP contribution in [0.4, 0.5) is 4.39 Å². The average molecular weight is 250 g/mol. The first-order chi connectivity index (χ1) is 8.11. The molecule has 0 fully saturated rings. The third-order valence-electron chi connectivity index (χ3n) is 2.68. The number of aryl methyl sites for hydroxylation is 1. The normalized spacial score (nSPS) is 10.6. The second-order valence-electron chi connectivity index (χ2n) is 4.00. The third-order valence-corrected chi connectivity index (χ3v) is 2.99. The van der Waals surface area contributed by atoms with Gasteiger partial charge in [-0.3, -0.25) is 0 Å². The van der Waals surface area contributed by atoms with Gasteiger partial charge in [0, 0.05) is 22.7 Å². The van der Waals surface area contributed by atoms with Crippen molar-refractivity contribution in [1.82, 2.24) is 0 Å². The minimum atomic E-state index is -0.266. The van der Waals surface area contributed by atoms with Crippen LogP contribution in [0.5, 0.6) is 0 Å². The van der Waals surface area contributed by atoms with E-state index in [1.165, 1.54) is 6.07 Å². The number of rotatable bonds is 2. The van der Waals surface area contributed by atoms with Crippen molar-refractivity contribution in [3.05, 3.63) is 58.4 Å². The van der Waals surface area contributed by atoms with E-state index in [9.17, 15) is 4.39 Å². The molecule has 2 aromatic carbocycles. The smallest absolute Gasteiger partial charge is 0.131 e. The van der Waals surface area contributed by atoms with Crippen LogP contribution in [-0.2, 0) is 6.54 Å². The number of benzene rings is 2. The first kappa shape index (κ1) is 12.1. The molecule has 2 aromatic rings. The summed E-state index contributed by atoms with van der Waals surface area (Å²) in [6.45, 7) is 2.35. The van der Waals surface area contributed by atoms with Gasteiger partial charge in [0.1, 0.15) is 5.82 Å². The first-order valence-electron chi connectivity index (χ1n) is 5.37. The van der Waals surface area contributed by atoms with E-state index >= 15 is 0 Å². The van der Waals surface area contributed by atoms with Crippen molar-refractivity contribution in [2.24, 2.45) is 5.73 Å². The van der Waals surface area contributed by atoms with E-state index in [1.54, 1.807) is 18.2 Å². The molecule has 3 heteroatoms. The summed E-state index contributed by atoms with van der Waals surface area (Å²) < 4.78 is 13.7. The fourth-order valence-corrected chi connectivity index (χ4v) is 2.05. The highest BCUT2D eigenvalue weighted by atomic mass is 35.5. The molecule has 0 aliphatic carbocycles. The molecule has 0 atom stereocenters. The molecular formula is C14H13ClFN. The fraction of sp³-hybridized carbons (Fsp3) is 0.143. The summed E-state index contributed by atoms with van der Waals surface area (Å²) in [6, 6.07) is 10.4. The first-order valence-corrected chi connectivity index (χ1v) is 5.74. The van der Waals surface area contributed by atoms with Crippen molar-refractivity contribution in [2.75, 3.05) is 0 Å². The molecule has 2 N–H and O–H groups in total. The van der Waals surface area contributed by atoms with E-state index < -0.39 is 0 Å². The van der Waals surface area contributed by atoms with Gasteiger partial charge in [-0.05, 0) is 30.7 Å². The molecule has 0 amide bonds. The van der Waals surface area contributed by atoms with Crippen LogP contribution >= 0.6 is 11.6 Å². The highest BCUT2D eigenvalue weighted by Crippen LogP contribution is 2.31. The van der Waals surface area contributed by atoms with Gasteiger partial charge in [0.25, 0.3) is 0 Å². The molecule has 0 aliphatic heterocycles. The zero-order chi connectivity index (χ0) is 12.4. The van der Waals surface area contributed by atoms with Gasteiger partial charge in [-0.1, -0.05) is 35.4 Å². The minimum Gasteiger partial charge on any atom is -0.326 e. The molecule has 88 valence electrons. The maximum atomic E-state index is 13.7. The van der Waals surface area contributed by atoms with Gasteiger partial charge >= 0.3 is 0 Å². The lowest BCUT2D eigenvalue weighted by atomic mass is 10.0. The van der Waals surface area contributed by atoms with Gasteiger partial charge in [0.05, 0.1) is 0 Å². The Kier molecular flexibility index (Phi) is 3.46. The van der Waals surface area contributed by atoms with Gasteiger partial charge in [-0.2, -0.15) is 0 Å². The predicted molar refractivity (Wildman–Crippen MR) is 69.5 cm³/mol. The maximum absolute atomic E-state index is 13.7. The van der Waals surface area contributed by atoms with Crippen molar-refractivity contribution in [2.45, 2.75) is 13.5 Å². The zero-order valence-electron chi connectivity index (χ0n) is 9.50. The van der Waals surface area contributed by atoms with Crippen LogP contribution < -0.4 is 5.73 Å². The third kappa shape index (κ3) is 2.48. The molecule has 0 saturated carbocycles. The maximum Gasteiger partial charge on any atom is 0.131 e. The van der Waals surface area contributed by atoms with E-state index in [-0.39, 0.29) is 5.82 Å². The summed E-state index contributed by atoms with van der Waals surface area (Å²) in [5.74, 6) is -0.266. The molecule has 0 heterocycles. The lowest BCUT2D eigenvalue weighted by Gasteiger charge is -2.08. The molecule has 0 spiro atoms. The molecule has 0 radical (unpaired) electrons. The molecule has 0 unspecified atom stereocenters. The number of hydrogen-bond acceptors (Lipinski definition) is 1. The van der Waals surface area contributed by atoms with Crippen LogP contribution in [0, 0.1) is 12.7 Å². The Labute approximate surface area is 105 Å². The van der Waals surface area contributed by atoms with Gasteiger partial charge in [-0.15, -0.1) is 0 Å². The molecule has 0 aromatic heterocycles. The van der Waals surface area contributed by atoms with Gasteiger partial charge in [-0.25, -0.2) is 4.39 Å². The van der Waals surface area contributed by atoms with Gasteiger partial charge < -0.3 is 5.73 Å². The highest BCUT2D eigenvalue weighted by Gasteiger charge is 2.09. The largest absolute Gasteiger partial charge is 0.326 e. The van der Waals surface area contributed by atoms with Crippen molar-refractivity contribution in [3.63, 3.8) is 0 Å². The molecule has 0 bridgehead atoms. The summed E-state index contributed by atoms with van der Waals surface area (Å²) in [5, 5.41) is 0.525. The SMILES string of the molecule is Cc1ccc(F)c(-c2ccc(CN)cc2Cl)c1. The zero-order valence-corrected chi connectivity index (χ0v) is 10.3. The van der Waals surface area contributed by atoms with Crippen molar-refractivity contribution >= 4 is 11.6 Å². The Morgan fingerprint density at radius 1 is 1.12 bits per heavy atom. The van der Waals surface area contributed by atoms with Crippen LogP contribution in [-0.4, -0.2) is 0 Å². The molecule has 0 saturated heterocycles. The Bertz CT molecular complexity index is 552. The Morgan fingerprint density at radius 2 is 1.88 bits per heavy atom. The molecular weight excluding hydrogens is 237 g/mol. The van der Waals surface area contributed by atoms with Gasteiger partial charge in [0.15, 0.2) is 0 Å². The predicted octanol–water partition coefficient (Wildman–Crippen LogP) is 3.91. The van der Waals surface area contributed by atoms with Crippen LogP contribution in [0.1, 0.15) is 11.1 Å². The number of hydrogen-bond donors (Lipinski definition) is 1.